The topological polar surface area (TPSA) is 78.9 Å². The van der Waals surface area contributed by atoms with Gasteiger partial charge in [-0.25, -0.2) is 9.59 Å². The Kier molecular flexibility index (Phi) is 13.8. The van der Waals surface area contributed by atoms with E-state index in [2.05, 4.69) is 20.8 Å². The van der Waals surface area contributed by atoms with E-state index in [1.807, 2.05) is 41.5 Å². The van der Waals surface area contributed by atoms with E-state index in [0.717, 1.165) is 39.3 Å². The molecule has 0 fully saturated rings. The Labute approximate surface area is 201 Å². The first-order chi connectivity index (χ1) is 15.4. The maximum atomic E-state index is 12.7. The molecule has 0 aromatic heterocycles. The predicted octanol–water partition coefficient (Wildman–Crippen LogP) is 3.17. The number of rotatable bonds is 17. The fourth-order valence-electron chi connectivity index (χ4n) is 3.64. The molecule has 0 saturated heterocycles. The van der Waals surface area contributed by atoms with Crippen LogP contribution < -0.4 is 0 Å². The minimum atomic E-state index is -0.836. The third kappa shape index (κ3) is 10.0. The molecule has 8 heteroatoms. The van der Waals surface area contributed by atoms with Gasteiger partial charge in [0, 0.05) is 0 Å². The smallest absolute Gasteiger partial charge is 0.362 e. The molecule has 1 unspecified atom stereocenters. The summed E-state index contributed by atoms with van der Waals surface area (Å²) in [6, 6.07) is 0. The average molecular weight is 475 g/mol. The van der Waals surface area contributed by atoms with Gasteiger partial charge in [0.2, 0.25) is 0 Å². The summed E-state index contributed by atoms with van der Waals surface area (Å²) in [6.07, 6.45) is -0.211. The first kappa shape index (κ1) is 31.3. The molecule has 33 heavy (non-hydrogen) atoms. The SMILES string of the molecule is CCC(C)(C)C(=O)OCC(COC(=O)C[N+](CC)(CC)CC)OC(=O)C[N+](CC)(CC)CC. The van der Waals surface area contributed by atoms with Gasteiger partial charge in [-0.2, -0.15) is 0 Å². The Balaban J connectivity index is 5.27. The fourth-order valence-corrected chi connectivity index (χ4v) is 3.64. The molecule has 0 aromatic carbocycles. The lowest BCUT2D eigenvalue weighted by molar-refractivity contribution is -0.916. The van der Waals surface area contributed by atoms with Crippen molar-refractivity contribution in [1.82, 2.24) is 0 Å². The van der Waals surface area contributed by atoms with Crippen molar-refractivity contribution in [2.24, 2.45) is 5.41 Å². The lowest BCUT2D eigenvalue weighted by Gasteiger charge is -2.35. The Bertz CT molecular complexity index is 595. The summed E-state index contributed by atoms with van der Waals surface area (Å²) in [5, 5.41) is 0. The van der Waals surface area contributed by atoms with Crippen LogP contribution in [0.15, 0.2) is 0 Å². The molecule has 0 aliphatic carbocycles. The highest BCUT2D eigenvalue weighted by Crippen LogP contribution is 2.21. The quantitative estimate of drug-likeness (QED) is 0.183. The Hall–Kier alpha value is -1.67. The summed E-state index contributed by atoms with van der Waals surface area (Å²) in [5.74, 6) is -1.09. The molecule has 0 aliphatic heterocycles. The van der Waals surface area contributed by atoms with Gasteiger partial charge in [-0.1, -0.05) is 6.92 Å². The summed E-state index contributed by atoms with van der Waals surface area (Å²) in [6.45, 7) is 23.0. The van der Waals surface area contributed by atoms with Crippen LogP contribution in [0.25, 0.3) is 0 Å². The van der Waals surface area contributed by atoms with Crippen molar-refractivity contribution in [2.45, 2.75) is 74.8 Å². The monoisotopic (exact) mass is 474 g/mol. The van der Waals surface area contributed by atoms with Crippen LogP contribution in [0.2, 0.25) is 0 Å². The van der Waals surface area contributed by atoms with Gasteiger partial charge >= 0.3 is 17.9 Å². The second kappa shape index (κ2) is 14.6. The van der Waals surface area contributed by atoms with Crippen LogP contribution in [0.5, 0.6) is 0 Å². The van der Waals surface area contributed by atoms with Gasteiger partial charge in [-0.3, -0.25) is 4.79 Å². The molecule has 0 aliphatic rings. The largest absolute Gasteiger partial charge is 0.461 e. The normalized spacial score (nSPS) is 13.4. The third-order valence-corrected chi connectivity index (χ3v) is 7.52. The molecule has 0 aromatic rings. The minimum absolute atomic E-state index is 0.133. The van der Waals surface area contributed by atoms with Crippen LogP contribution in [0.4, 0.5) is 0 Å². The van der Waals surface area contributed by atoms with Crippen molar-refractivity contribution in [3.05, 3.63) is 0 Å². The second-order valence-corrected chi connectivity index (χ2v) is 9.53. The molecule has 8 nitrogen and oxygen atoms in total. The van der Waals surface area contributed by atoms with E-state index in [0.29, 0.717) is 15.4 Å². The number of hydrogen-bond donors (Lipinski definition) is 0. The van der Waals surface area contributed by atoms with Crippen molar-refractivity contribution in [3.8, 4) is 0 Å². The van der Waals surface area contributed by atoms with Crippen LogP contribution in [0.1, 0.15) is 68.7 Å². The Morgan fingerprint density at radius 1 is 0.667 bits per heavy atom. The maximum Gasteiger partial charge on any atom is 0.362 e. The van der Waals surface area contributed by atoms with Crippen LogP contribution in [0, 0.1) is 5.41 Å². The zero-order chi connectivity index (χ0) is 25.7. The van der Waals surface area contributed by atoms with E-state index in [1.54, 1.807) is 0 Å². The Morgan fingerprint density at radius 2 is 1.06 bits per heavy atom. The minimum Gasteiger partial charge on any atom is -0.461 e. The van der Waals surface area contributed by atoms with E-state index >= 15 is 0 Å². The highest BCUT2D eigenvalue weighted by atomic mass is 16.6. The molecule has 0 heterocycles. The number of hydrogen-bond acceptors (Lipinski definition) is 6. The average Bonchev–Trinajstić information content (AvgIpc) is 2.82. The highest BCUT2D eigenvalue weighted by molar-refractivity contribution is 5.76. The molecule has 1 atom stereocenters. The van der Waals surface area contributed by atoms with Gasteiger partial charge in [0.05, 0.1) is 44.7 Å². The lowest BCUT2D eigenvalue weighted by atomic mass is 9.91. The molecule has 0 saturated carbocycles. The second-order valence-electron chi connectivity index (χ2n) is 9.53. The molecule has 0 amide bonds. The summed E-state index contributed by atoms with van der Waals surface area (Å²) < 4.78 is 17.8. The standard InChI is InChI=1S/C25H50N2O6/c1-10-25(8,9)24(30)32-20-21(33-23(29)18-27(14-5,15-6)16-7)19-31-22(28)17-26(11-2,12-3)13-4/h21H,10-20H2,1-9H3/q+2. The van der Waals surface area contributed by atoms with E-state index in [-0.39, 0.29) is 44.2 Å². The molecule has 194 valence electrons. The van der Waals surface area contributed by atoms with Crippen LogP contribution in [-0.2, 0) is 28.6 Å². The first-order valence-electron chi connectivity index (χ1n) is 12.6. The summed E-state index contributed by atoms with van der Waals surface area (Å²) >= 11 is 0. The van der Waals surface area contributed by atoms with Crippen LogP contribution >= 0.6 is 0 Å². The van der Waals surface area contributed by atoms with Crippen LogP contribution in [0.3, 0.4) is 0 Å². The van der Waals surface area contributed by atoms with Crippen molar-refractivity contribution >= 4 is 17.9 Å². The number of carbonyl (C=O) groups is 3. The predicted molar refractivity (Wildman–Crippen MR) is 129 cm³/mol. The van der Waals surface area contributed by atoms with Gasteiger partial charge in [-0.15, -0.1) is 0 Å². The van der Waals surface area contributed by atoms with Gasteiger partial charge in [0.1, 0.15) is 13.2 Å². The number of carbonyl (C=O) groups excluding carboxylic acids is 3. The molecule has 0 spiro atoms. The number of ether oxygens (including phenoxy) is 3. The number of quaternary nitrogens is 2. The Morgan fingerprint density at radius 3 is 1.45 bits per heavy atom. The maximum absolute atomic E-state index is 12.7. The van der Waals surface area contributed by atoms with Gasteiger partial charge in [0.15, 0.2) is 19.2 Å². The van der Waals surface area contributed by atoms with E-state index in [1.165, 1.54) is 0 Å². The van der Waals surface area contributed by atoms with Crippen molar-refractivity contribution < 1.29 is 37.6 Å². The molecule has 0 rings (SSSR count). The van der Waals surface area contributed by atoms with Crippen molar-refractivity contribution in [2.75, 3.05) is 65.6 Å². The van der Waals surface area contributed by atoms with E-state index in [9.17, 15) is 14.4 Å². The number of nitrogens with zero attached hydrogens (tertiary/aromatic N) is 2. The van der Waals surface area contributed by atoms with Crippen molar-refractivity contribution in [3.63, 3.8) is 0 Å². The molecular formula is C25H50N2O6+2. The summed E-state index contributed by atoms with van der Waals surface area (Å²) in [4.78, 5) is 37.7. The van der Waals surface area contributed by atoms with E-state index in [4.69, 9.17) is 14.2 Å². The highest BCUT2D eigenvalue weighted by Gasteiger charge is 2.32. The first-order valence-corrected chi connectivity index (χ1v) is 12.6. The third-order valence-electron chi connectivity index (χ3n) is 7.52. The number of esters is 3. The molecule has 0 N–H and O–H groups in total. The zero-order valence-electron chi connectivity index (χ0n) is 22.7. The molecule has 0 bridgehead atoms. The number of likely N-dealkylation sites (N-methyl/N-ethyl adjacent to an activating group) is 2. The van der Waals surface area contributed by atoms with E-state index < -0.39 is 11.5 Å². The summed E-state index contributed by atoms with van der Waals surface area (Å²) in [7, 11) is 0. The summed E-state index contributed by atoms with van der Waals surface area (Å²) in [5.41, 5.74) is -0.635. The molecule has 0 radical (unpaired) electrons. The van der Waals surface area contributed by atoms with Gasteiger partial charge in [0.25, 0.3) is 0 Å². The zero-order valence-corrected chi connectivity index (χ0v) is 22.7. The van der Waals surface area contributed by atoms with Crippen molar-refractivity contribution in [1.29, 1.82) is 0 Å². The van der Waals surface area contributed by atoms with Crippen LogP contribution in [-0.4, -0.2) is 98.5 Å². The van der Waals surface area contributed by atoms with Gasteiger partial charge in [-0.05, 0) is 61.8 Å². The van der Waals surface area contributed by atoms with Gasteiger partial charge < -0.3 is 23.2 Å². The molecular weight excluding hydrogens is 424 g/mol. The lowest BCUT2D eigenvalue weighted by Crippen LogP contribution is -2.52. The fraction of sp³-hybridized carbons (Fsp3) is 0.880.